The summed E-state index contributed by atoms with van der Waals surface area (Å²) in [6.07, 6.45) is 2.03. The summed E-state index contributed by atoms with van der Waals surface area (Å²) in [4.78, 5) is 0. The van der Waals surface area contributed by atoms with Gasteiger partial charge in [-0.1, -0.05) is 0 Å². The van der Waals surface area contributed by atoms with Crippen LogP contribution in [-0.2, 0) is 10.0 Å². The zero-order chi connectivity index (χ0) is 10.1. The number of rotatable bonds is 5. The number of hydrogen-bond donors (Lipinski definition) is 2. The molecule has 0 aliphatic heterocycles. The Morgan fingerprint density at radius 2 is 2.00 bits per heavy atom. The normalized spacial score (nSPS) is 19.0. The van der Waals surface area contributed by atoms with Crippen LogP contribution in [0.2, 0.25) is 0 Å². The maximum atomic E-state index is 11.4. The lowest BCUT2D eigenvalue weighted by Gasteiger charge is -2.22. The molecule has 1 fully saturated rings. The van der Waals surface area contributed by atoms with Gasteiger partial charge in [-0.15, -0.1) is 0 Å². The van der Waals surface area contributed by atoms with Crippen LogP contribution in [0.15, 0.2) is 0 Å². The third kappa shape index (κ3) is 4.06. The van der Waals surface area contributed by atoms with Crippen molar-refractivity contribution in [2.24, 2.45) is 5.92 Å². The highest BCUT2D eigenvalue weighted by molar-refractivity contribution is 7.89. The van der Waals surface area contributed by atoms with Crippen molar-refractivity contribution in [2.75, 3.05) is 12.4 Å². The van der Waals surface area contributed by atoms with E-state index in [4.69, 9.17) is 5.11 Å². The monoisotopic (exact) mass is 207 g/mol. The highest BCUT2D eigenvalue weighted by atomic mass is 32.2. The molecule has 1 saturated carbocycles. The fourth-order valence-corrected chi connectivity index (χ4v) is 3.03. The third-order valence-corrected chi connectivity index (χ3v) is 3.75. The Labute approximate surface area is 79.4 Å². The van der Waals surface area contributed by atoms with Crippen LogP contribution in [0.5, 0.6) is 0 Å². The van der Waals surface area contributed by atoms with Crippen LogP contribution >= 0.6 is 0 Å². The van der Waals surface area contributed by atoms with Crippen molar-refractivity contribution in [1.29, 1.82) is 0 Å². The van der Waals surface area contributed by atoms with Crippen molar-refractivity contribution in [2.45, 2.75) is 32.2 Å². The van der Waals surface area contributed by atoms with Crippen LogP contribution in [0.3, 0.4) is 0 Å². The molecule has 0 radical (unpaired) electrons. The molecule has 1 rings (SSSR count). The molecule has 13 heavy (non-hydrogen) atoms. The van der Waals surface area contributed by atoms with Gasteiger partial charge in [0.15, 0.2) is 0 Å². The van der Waals surface area contributed by atoms with Gasteiger partial charge in [0.2, 0.25) is 10.0 Å². The summed E-state index contributed by atoms with van der Waals surface area (Å²) >= 11 is 0. The van der Waals surface area contributed by atoms with Crippen LogP contribution in [-0.4, -0.2) is 31.4 Å². The second kappa shape index (κ2) is 3.55. The fraction of sp³-hybridized carbons (Fsp3) is 1.00. The van der Waals surface area contributed by atoms with Crippen LogP contribution < -0.4 is 4.72 Å². The lowest BCUT2D eigenvalue weighted by molar-refractivity contribution is 0.208. The quantitative estimate of drug-likeness (QED) is 0.671. The molecule has 0 aromatic heterocycles. The number of aliphatic hydroxyl groups excluding tert-OH is 1. The van der Waals surface area contributed by atoms with Crippen molar-refractivity contribution < 1.29 is 13.5 Å². The van der Waals surface area contributed by atoms with E-state index >= 15 is 0 Å². The van der Waals surface area contributed by atoms with Gasteiger partial charge in [0.05, 0.1) is 17.9 Å². The molecular weight excluding hydrogens is 190 g/mol. The zero-order valence-electron chi connectivity index (χ0n) is 8.08. The van der Waals surface area contributed by atoms with E-state index in [1.54, 1.807) is 13.8 Å². The molecule has 0 aromatic carbocycles. The van der Waals surface area contributed by atoms with E-state index < -0.39 is 15.6 Å². The molecule has 4 nitrogen and oxygen atoms in total. The third-order valence-electron chi connectivity index (χ3n) is 1.98. The van der Waals surface area contributed by atoms with E-state index in [1.165, 1.54) is 0 Å². The maximum Gasteiger partial charge on any atom is 0.212 e. The standard InChI is InChI=1S/C8H17NO3S/c1-8(2,6-10)9-13(11,12)5-7-3-4-7/h7,9-10H,3-6H2,1-2H3. The minimum atomic E-state index is -3.20. The van der Waals surface area contributed by atoms with Crippen LogP contribution in [0.1, 0.15) is 26.7 Å². The van der Waals surface area contributed by atoms with Gasteiger partial charge in [0, 0.05) is 0 Å². The highest BCUT2D eigenvalue weighted by Gasteiger charge is 2.31. The van der Waals surface area contributed by atoms with Crippen LogP contribution in [0.25, 0.3) is 0 Å². The van der Waals surface area contributed by atoms with Crippen molar-refractivity contribution in [1.82, 2.24) is 4.72 Å². The average molecular weight is 207 g/mol. The minimum Gasteiger partial charge on any atom is -0.394 e. The Hall–Kier alpha value is -0.130. The van der Waals surface area contributed by atoms with E-state index in [0.717, 1.165) is 12.8 Å². The first kappa shape index (κ1) is 10.9. The van der Waals surface area contributed by atoms with Gasteiger partial charge < -0.3 is 5.11 Å². The van der Waals surface area contributed by atoms with Gasteiger partial charge >= 0.3 is 0 Å². The summed E-state index contributed by atoms with van der Waals surface area (Å²) in [5.74, 6) is 0.545. The summed E-state index contributed by atoms with van der Waals surface area (Å²) in [6.45, 7) is 3.14. The van der Waals surface area contributed by atoms with Gasteiger partial charge in [-0.2, -0.15) is 0 Å². The molecule has 0 saturated heterocycles. The zero-order valence-corrected chi connectivity index (χ0v) is 8.89. The molecule has 0 unspecified atom stereocenters. The number of hydrogen-bond acceptors (Lipinski definition) is 3. The molecule has 0 bridgehead atoms. The predicted octanol–water partition coefficient (Wildman–Crippen LogP) is 0.0867. The van der Waals surface area contributed by atoms with Gasteiger partial charge in [0.25, 0.3) is 0 Å². The van der Waals surface area contributed by atoms with Crippen molar-refractivity contribution >= 4 is 10.0 Å². The molecule has 78 valence electrons. The van der Waals surface area contributed by atoms with Crippen LogP contribution in [0.4, 0.5) is 0 Å². The van der Waals surface area contributed by atoms with E-state index in [0.29, 0.717) is 5.92 Å². The summed E-state index contributed by atoms with van der Waals surface area (Å²) in [7, 11) is -3.20. The molecule has 0 amide bonds. The SMILES string of the molecule is CC(C)(CO)NS(=O)(=O)CC1CC1. The minimum absolute atomic E-state index is 0.184. The predicted molar refractivity (Wildman–Crippen MR) is 50.8 cm³/mol. The van der Waals surface area contributed by atoms with Gasteiger partial charge in [-0.25, -0.2) is 13.1 Å². The molecule has 0 aromatic rings. The molecule has 0 heterocycles. The van der Waals surface area contributed by atoms with Gasteiger partial charge in [-0.3, -0.25) is 0 Å². The van der Waals surface area contributed by atoms with Gasteiger partial charge in [0.1, 0.15) is 0 Å². The molecule has 1 aliphatic carbocycles. The molecule has 2 N–H and O–H groups in total. The summed E-state index contributed by atoms with van der Waals surface area (Å²) in [5.41, 5.74) is -0.742. The first-order valence-corrected chi connectivity index (χ1v) is 6.12. The first-order chi connectivity index (χ1) is 5.85. The molecular formula is C8H17NO3S. The van der Waals surface area contributed by atoms with E-state index in [2.05, 4.69) is 4.72 Å². The first-order valence-electron chi connectivity index (χ1n) is 4.47. The van der Waals surface area contributed by atoms with E-state index in [9.17, 15) is 8.42 Å². The maximum absolute atomic E-state index is 11.4. The number of aliphatic hydroxyl groups is 1. The molecule has 5 heteroatoms. The molecule has 0 spiro atoms. The summed E-state index contributed by atoms with van der Waals surface area (Å²) < 4.78 is 25.3. The van der Waals surface area contributed by atoms with Crippen molar-refractivity contribution in [3.05, 3.63) is 0 Å². The smallest absolute Gasteiger partial charge is 0.212 e. The Balaban J connectivity index is 2.49. The van der Waals surface area contributed by atoms with Crippen molar-refractivity contribution in [3.63, 3.8) is 0 Å². The van der Waals surface area contributed by atoms with E-state index in [-0.39, 0.29) is 12.4 Å². The lowest BCUT2D eigenvalue weighted by Crippen LogP contribution is -2.47. The molecule has 1 aliphatic rings. The van der Waals surface area contributed by atoms with Crippen molar-refractivity contribution in [3.8, 4) is 0 Å². The number of sulfonamides is 1. The Morgan fingerprint density at radius 3 is 2.38 bits per heavy atom. The summed E-state index contributed by atoms with van der Waals surface area (Å²) in [5, 5.41) is 8.88. The Morgan fingerprint density at radius 1 is 1.46 bits per heavy atom. The number of nitrogens with one attached hydrogen (secondary N) is 1. The second-order valence-corrected chi connectivity index (χ2v) is 6.14. The second-order valence-electron chi connectivity index (χ2n) is 4.37. The largest absolute Gasteiger partial charge is 0.394 e. The van der Waals surface area contributed by atoms with Gasteiger partial charge in [-0.05, 0) is 32.6 Å². The summed E-state index contributed by atoms with van der Waals surface area (Å²) in [6, 6.07) is 0. The topological polar surface area (TPSA) is 66.4 Å². The Bertz CT molecular complexity index is 267. The van der Waals surface area contributed by atoms with Crippen LogP contribution in [0, 0.1) is 5.92 Å². The fourth-order valence-electron chi connectivity index (χ4n) is 1.09. The average Bonchev–Trinajstić information content (AvgIpc) is 2.68. The highest BCUT2D eigenvalue weighted by Crippen LogP contribution is 2.30. The molecule has 0 atom stereocenters. The van der Waals surface area contributed by atoms with E-state index in [1.807, 2.05) is 0 Å². The lowest BCUT2D eigenvalue weighted by atomic mass is 10.1. The Kier molecular flexibility index (Phi) is 2.99.